The molecule has 1 aliphatic carbocycles. The molecule has 0 unspecified atom stereocenters. The molecule has 1 aliphatic rings. The standard InChI is InChI=1S/C14H19N3S/c1-10-8-12-13(15-9-10)17(14(18)16-12)11-6-4-2-3-5-7-11/h8-9,11H,2-7H2,1H3,(H,16,18). The molecule has 1 saturated carbocycles. The lowest BCUT2D eigenvalue weighted by atomic mass is 10.1. The molecule has 96 valence electrons. The van der Waals surface area contributed by atoms with Gasteiger partial charge in [-0.05, 0) is 43.6 Å². The molecular weight excluding hydrogens is 242 g/mol. The van der Waals surface area contributed by atoms with Crippen LogP contribution in [0.4, 0.5) is 0 Å². The van der Waals surface area contributed by atoms with Gasteiger partial charge >= 0.3 is 0 Å². The Labute approximate surface area is 112 Å². The Morgan fingerprint density at radius 3 is 2.72 bits per heavy atom. The summed E-state index contributed by atoms with van der Waals surface area (Å²) in [7, 11) is 0. The number of pyridine rings is 1. The summed E-state index contributed by atoms with van der Waals surface area (Å²) in [5.41, 5.74) is 3.27. The summed E-state index contributed by atoms with van der Waals surface area (Å²) in [5.74, 6) is 0. The van der Waals surface area contributed by atoms with Gasteiger partial charge in [0.2, 0.25) is 0 Å². The van der Waals surface area contributed by atoms with Crippen LogP contribution in [0, 0.1) is 11.7 Å². The monoisotopic (exact) mass is 261 g/mol. The second kappa shape index (κ2) is 4.84. The van der Waals surface area contributed by atoms with E-state index in [9.17, 15) is 0 Å². The summed E-state index contributed by atoms with van der Waals surface area (Å²) in [6, 6.07) is 2.66. The minimum Gasteiger partial charge on any atom is -0.329 e. The van der Waals surface area contributed by atoms with Gasteiger partial charge in [0.1, 0.15) is 0 Å². The first-order valence-corrected chi connectivity index (χ1v) is 7.23. The number of aromatic amines is 1. The minimum atomic E-state index is 0.531. The molecule has 0 spiro atoms. The van der Waals surface area contributed by atoms with Crippen LogP contribution in [-0.4, -0.2) is 14.5 Å². The van der Waals surface area contributed by atoms with Crippen molar-refractivity contribution in [1.82, 2.24) is 14.5 Å². The first kappa shape index (κ1) is 11.9. The zero-order valence-corrected chi connectivity index (χ0v) is 11.6. The second-order valence-corrected chi connectivity index (χ2v) is 5.72. The van der Waals surface area contributed by atoms with Gasteiger partial charge in [0, 0.05) is 12.2 Å². The summed E-state index contributed by atoms with van der Waals surface area (Å²) in [6.07, 6.45) is 9.74. The summed E-state index contributed by atoms with van der Waals surface area (Å²) in [5, 5.41) is 0. The maximum Gasteiger partial charge on any atom is 0.179 e. The predicted octanol–water partition coefficient (Wildman–Crippen LogP) is 4.30. The topological polar surface area (TPSA) is 33.6 Å². The highest BCUT2D eigenvalue weighted by Crippen LogP contribution is 2.29. The lowest BCUT2D eigenvalue weighted by Gasteiger charge is -2.16. The van der Waals surface area contributed by atoms with Crippen LogP contribution < -0.4 is 0 Å². The molecule has 1 N–H and O–H groups in total. The minimum absolute atomic E-state index is 0.531. The Morgan fingerprint density at radius 1 is 1.28 bits per heavy atom. The predicted molar refractivity (Wildman–Crippen MR) is 76.4 cm³/mol. The number of nitrogens with one attached hydrogen (secondary N) is 1. The van der Waals surface area contributed by atoms with Gasteiger partial charge in [-0.15, -0.1) is 0 Å². The zero-order chi connectivity index (χ0) is 12.5. The van der Waals surface area contributed by atoms with Gasteiger partial charge < -0.3 is 4.98 Å². The molecule has 0 aliphatic heterocycles. The maximum absolute atomic E-state index is 5.49. The van der Waals surface area contributed by atoms with Gasteiger partial charge in [0.15, 0.2) is 10.4 Å². The Morgan fingerprint density at radius 2 is 2.00 bits per heavy atom. The number of imidazole rings is 1. The molecule has 4 heteroatoms. The lowest BCUT2D eigenvalue weighted by Crippen LogP contribution is -2.08. The summed E-state index contributed by atoms with van der Waals surface area (Å²) in [6.45, 7) is 2.06. The van der Waals surface area contributed by atoms with Crippen molar-refractivity contribution in [2.75, 3.05) is 0 Å². The smallest absolute Gasteiger partial charge is 0.179 e. The van der Waals surface area contributed by atoms with Crippen molar-refractivity contribution in [3.63, 3.8) is 0 Å². The number of fused-ring (bicyclic) bond motifs is 1. The number of aromatic nitrogens is 3. The largest absolute Gasteiger partial charge is 0.329 e. The van der Waals surface area contributed by atoms with E-state index < -0.39 is 0 Å². The quantitative estimate of drug-likeness (QED) is 0.613. The highest BCUT2D eigenvalue weighted by atomic mass is 32.1. The average Bonchev–Trinajstić information content (AvgIpc) is 2.54. The third-order valence-electron chi connectivity index (χ3n) is 3.88. The molecule has 0 radical (unpaired) electrons. The number of nitrogens with zero attached hydrogens (tertiary/aromatic N) is 2. The summed E-state index contributed by atoms with van der Waals surface area (Å²) >= 11 is 5.49. The lowest BCUT2D eigenvalue weighted by molar-refractivity contribution is 0.448. The molecule has 0 aromatic carbocycles. The van der Waals surface area contributed by atoms with E-state index in [1.54, 1.807) is 0 Å². The fraction of sp³-hybridized carbons (Fsp3) is 0.571. The van der Waals surface area contributed by atoms with E-state index in [0.29, 0.717) is 6.04 Å². The molecule has 18 heavy (non-hydrogen) atoms. The van der Waals surface area contributed by atoms with Crippen molar-refractivity contribution in [2.24, 2.45) is 0 Å². The van der Waals surface area contributed by atoms with Gasteiger partial charge in [-0.3, -0.25) is 4.57 Å². The second-order valence-electron chi connectivity index (χ2n) is 5.33. The van der Waals surface area contributed by atoms with Crippen LogP contribution in [0.25, 0.3) is 11.2 Å². The normalized spacial score (nSPS) is 18.1. The van der Waals surface area contributed by atoms with E-state index in [0.717, 1.165) is 15.9 Å². The Bertz CT molecular complexity index is 603. The molecule has 0 amide bonds. The van der Waals surface area contributed by atoms with Crippen LogP contribution >= 0.6 is 12.2 Å². The number of aryl methyl sites for hydroxylation is 1. The molecular formula is C14H19N3S. The van der Waals surface area contributed by atoms with Gasteiger partial charge in [-0.2, -0.15) is 0 Å². The molecule has 0 atom stereocenters. The van der Waals surface area contributed by atoms with Crippen molar-refractivity contribution < 1.29 is 0 Å². The van der Waals surface area contributed by atoms with E-state index >= 15 is 0 Å². The molecule has 2 heterocycles. The third-order valence-corrected chi connectivity index (χ3v) is 4.18. The molecule has 3 rings (SSSR count). The van der Waals surface area contributed by atoms with E-state index in [1.807, 2.05) is 6.20 Å². The highest BCUT2D eigenvalue weighted by Gasteiger charge is 2.18. The fourth-order valence-corrected chi connectivity index (χ4v) is 3.32. The van der Waals surface area contributed by atoms with Crippen LogP contribution in [0.2, 0.25) is 0 Å². The van der Waals surface area contributed by atoms with Crippen LogP contribution in [0.5, 0.6) is 0 Å². The van der Waals surface area contributed by atoms with Crippen molar-refractivity contribution in [1.29, 1.82) is 0 Å². The van der Waals surface area contributed by atoms with Crippen molar-refractivity contribution in [2.45, 2.75) is 51.5 Å². The highest BCUT2D eigenvalue weighted by molar-refractivity contribution is 7.71. The molecule has 1 fully saturated rings. The zero-order valence-electron chi connectivity index (χ0n) is 10.8. The first-order chi connectivity index (χ1) is 8.75. The van der Waals surface area contributed by atoms with Crippen molar-refractivity contribution >= 4 is 23.4 Å². The average molecular weight is 261 g/mol. The van der Waals surface area contributed by atoms with E-state index in [1.165, 1.54) is 44.1 Å². The van der Waals surface area contributed by atoms with E-state index in [2.05, 4.69) is 27.5 Å². The SMILES string of the molecule is Cc1cnc2c(c1)[nH]c(=S)n2C1CCCCCC1. The van der Waals surface area contributed by atoms with Gasteiger partial charge in [0.25, 0.3) is 0 Å². The van der Waals surface area contributed by atoms with Crippen molar-refractivity contribution in [3.8, 4) is 0 Å². The Kier molecular flexibility index (Phi) is 3.20. The molecule has 0 bridgehead atoms. The number of rotatable bonds is 1. The molecule has 3 nitrogen and oxygen atoms in total. The molecule has 0 saturated heterocycles. The Balaban J connectivity index is 2.09. The summed E-state index contributed by atoms with van der Waals surface area (Å²) < 4.78 is 3.07. The van der Waals surface area contributed by atoms with Gasteiger partial charge in [-0.1, -0.05) is 25.7 Å². The van der Waals surface area contributed by atoms with Crippen LogP contribution in [0.1, 0.15) is 50.1 Å². The van der Waals surface area contributed by atoms with Gasteiger partial charge in [-0.25, -0.2) is 4.98 Å². The van der Waals surface area contributed by atoms with Crippen molar-refractivity contribution in [3.05, 3.63) is 22.6 Å². The third kappa shape index (κ3) is 2.09. The van der Waals surface area contributed by atoms with Crippen LogP contribution in [0.3, 0.4) is 0 Å². The van der Waals surface area contributed by atoms with Crippen LogP contribution in [-0.2, 0) is 0 Å². The van der Waals surface area contributed by atoms with E-state index in [4.69, 9.17) is 12.2 Å². The fourth-order valence-electron chi connectivity index (χ4n) is 2.97. The molecule has 2 aromatic heterocycles. The maximum atomic E-state index is 5.49. The summed E-state index contributed by atoms with van der Waals surface area (Å²) in [4.78, 5) is 7.87. The number of H-pyrrole nitrogens is 1. The first-order valence-electron chi connectivity index (χ1n) is 6.82. The number of hydrogen-bond donors (Lipinski definition) is 1. The van der Waals surface area contributed by atoms with Gasteiger partial charge in [0.05, 0.1) is 5.52 Å². The van der Waals surface area contributed by atoms with E-state index in [-0.39, 0.29) is 0 Å². The van der Waals surface area contributed by atoms with Crippen LogP contribution in [0.15, 0.2) is 12.3 Å². The molecule has 2 aromatic rings. The number of hydrogen-bond acceptors (Lipinski definition) is 2. The Hall–Kier alpha value is -1.16.